The number of ether oxygens (including phenoxy) is 1. The molecule has 0 saturated carbocycles. The molecule has 2 aromatic rings. The molecule has 0 aliphatic carbocycles. The van der Waals surface area contributed by atoms with Crippen LogP contribution in [0, 0.1) is 12.3 Å². The maximum absolute atomic E-state index is 5.33. The van der Waals surface area contributed by atoms with E-state index in [-0.39, 0.29) is 0 Å². The molecule has 0 unspecified atom stereocenters. The lowest BCUT2D eigenvalue weighted by Crippen LogP contribution is -2.19. The first kappa shape index (κ1) is 11.6. The van der Waals surface area contributed by atoms with Gasteiger partial charge < -0.3 is 14.6 Å². The molecule has 0 bridgehead atoms. The Kier molecular flexibility index (Phi) is 3.69. The van der Waals surface area contributed by atoms with Crippen LogP contribution in [0.1, 0.15) is 0 Å². The van der Waals surface area contributed by atoms with Crippen LogP contribution in [0.4, 0.5) is 0 Å². The van der Waals surface area contributed by atoms with Gasteiger partial charge in [0.05, 0.1) is 19.2 Å². The predicted octanol–water partition coefficient (Wildman–Crippen LogP) is 1.87. The van der Waals surface area contributed by atoms with E-state index in [1.165, 1.54) is 5.52 Å². The molecule has 0 spiro atoms. The summed E-state index contributed by atoms with van der Waals surface area (Å²) in [7, 11) is 1.70. The van der Waals surface area contributed by atoms with Gasteiger partial charge in [0.1, 0.15) is 5.75 Å². The number of aromatic nitrogens is 1. The molecule has 88 valence electrons. The van der Waals surface area contributed by atoms with Crippen LogP contribution in [-0.4, -0.2) is 24.8 Å². The van der Waals surface area contributed by atoms with E-state index in [4.69, 9.17) is 11.2 Å². The van der Waals surface area contributed by atoms with Gasteiger partial charge in [0, 0.05) is 24.7 Å². The van der Waals surface area contributed by atoms with Crippen LogP contribution >= 0.6 is 0 Å². The van der Waals surface area contributed by atoms with Crippen molar-refractivity contribution < 1.29 is 4.74 Å². The number of hydrogen-bond acceptors (Lipinski definition) is 2. The van der Waals surface area contributed by atoms with E-state index in [0.29, 0.717) is 6.54 Å². The van der Waals surface area contributed by atoms with Gasteiger partial charge in [0.15, 0.2) is 0 Å². The number of rotatable bonds is 5. The number of terminal acetylenes is 1. The fraction of sp³-hybridized carbons (Fsp3) is 0.286. The lowest BCUT2D eigenvalue weighted by atomic mass is 10.2. The van der Waals surface area contributed by atoms with Gasteiger partial charge in [-0.15, -0.1) is 6.42 Å². The highest BCUT2D eigenvalue weighted by Crippen LogP contribution is 2.25. The second-order valence-corrected chi connectivity index (χ2v) is 3.78. The van der Waals surface area contributed by atoms with Crippen molar-refractivity contribution in [2.75, 3.05) is 20.2 Å². The largest absolute Gasteiger partial charge is 0.496 e. The monoisotopic (exact) mass is 228 g/mol. The molecule has 17 heavy (non-hydrogen) atoms. The molecular weight excluding hydrogens is 212 g/mol. The Labute approximate surface area is 101 Å². The molecule has 0 fully saturated rings. The molecule has 0 aliphatic heterocycles. The highest BCUT2D eigenvalue weighted by molar-refractivity contribution is 5.86. The van der Waals surface area contributed by atoms with E-state index in [0.717, 1.165) is 24.2 Å². The highest BCUT2D eigenvalue weighted by Gasteiger charge is 2.04. The number of methoxy groups -OCH3 is 1. The zero-order chi connectivity index (χ0) is 12.1. The van der Waals surface area contributed by atoms with Crippen LogP contribution in [0.2, 0.25) is 0 Å². The molecule has 1 aromatic carbocycles. The summed E-state index contributed by atoms with van der Waals surface area (Å²) >= 11 is 0. The average molecular weight is 228 g/mol. The van der Waals surface area contributed by atoms with Gasteiger partial charge >= 0.3 is 0 Å². The summed E-state index contributed by atoms with van der Waals surface area (Å²) in [6.07, 6.45) is 7.25. The van der Waals surface area contributed by atoms with Crippen LogP contribution in [0.5, 0.6) is 5.75 Å². The van der Waals surface area contributed by atoms with Crippen molar-refractivity contribution in [3.05, 3.63) is 30.5 Å². The summed E-state index contributed by atoms with van der Waals surface area (Å²) in [4.78, 5) is 0. The van der Waals surface area contributed by atoms with E-state index in [2.05, 4.69) is 34.1 Å². The predicted molar refractivity (Wildman–Crippen MR) is 70.2 cm³/mol. The molecule has 0 aliphatic rings. The quantitative estimate of drug-likeness (QED) is 0.624. The molecular formula is C14H16N2O. The van der Waals surface area contributed by atoms with Crippen molar-refractivity contribution in [2.24, 2.45) is 0 Å². The van der Waals surface area contributed by atoms with E-state index < -0.39 is 0 Å². The van der Waals surface area contributed by atoms with Gasteiger partial charge in [-0.25, -0.2) is 0 Å². The maximum Gasteiger partial charge on any atom is 0.128 e. The fourth-order valence-electron chi connectivity index (χ4n) is 1.93. The number of fused-ring (bicyclic) bond motifs is 1. The molecule has 3 nitrogen and oxygen atoms in total. The van der Waals surface area contributed by atoms with Gasteiger partial charge in [-0.2, -0.15) is 0 Å². The van der Waals surface area contributed by atoms with E-state index in [1.54, 1.807) is 7.11 Å². The summed E-state index contributed by atoms with van der Waals surface area (Å²) in [5.41, 5.74) is 1.19. The van der Waals surface area contributed by atoms with E-state index in [1.807, 2.05) is 12.1 Å². The van der Waals surface area contributed by atoms with Crippen molar-refractivity contribution in [1.29, 1.82) is 0 Å². The normalized spacial score (nSPS) is 10.4. The smallest absolute Gasteiger partial charge is 0.128 e. The Bertz CT molecular complexity index is 537. The third-order valence-corrected chi connectivity index (χ3v) is 2.75. The topological polar surface area (TPSA) is 26.2 Å². The molecule has 0 saturated heterocycles. The summed E-state index contributed by atoms with van der Waals surface area (Å²) in [6.45, 7) is 2.38. The SMILES string of the molecule is C#CCNCCn1ccc2c(OC)cccc21. The van der Waals surface area contributed by atoms with Crippen molar-refractivity contribution in [1.82, 2.24) is 9.88 Å². The van der Waals surface area contributed by atoms with Crippen LogP contribution < -0.4 is 10.1 Å². The van der Waals surface area contributed by atoms with E-state index >= 15 is 0 Å². The number of hydrogen-bond donors (Lipinski definition) is 1. The number of nitrogens with one attached hydrogen (secondary N) is 1. The van der Waals surface area contributed by atoms with Crippen molar-refractivity contribution in [3.8, 4) is 18.1 Å². The maximum atomic E-state index is 5.33. The van der Waals surface area contributed by atoms with Gasteiger partial charge in [-0.05, 0) is 18.2 Å². The van der Waals surface area contributed by atoms with Gasteiger partial charge in [0.2, 0.25) is 0 Å². The average Bonchev–Trinajstić information content (AvgIpc) is 2.78. The van der Waals surface area contributed by atoms with Crippen LogP contribution in [0.25, 0.3) is 10.9 Å². The Balaban J connectivity index is 2.16. The lowest BCUT2D eigenvalue weighted by molar-refractivity contribution is 0.420. The molecule has 1 N–H and O–H groups in total. The molecule has 0 radical (unpaired) electrons. The van der Waals surface area contributed by atoms with Gasteiger partial charge in [-0.1, -0.05) is 12.0 Å². The summed E-state index contributed by atoms with van der Waals surface area (Å²) in [6, 6.07) is 8.16. The molecule has 1 aromatic heterocycles. The van der Waals surface area contributed by atoms with Crippen molar-refractivity contribution in [2.45, 2.75) is 6.54 Å². The first-order valence-corrected chi connectivity index (χ1v) is 5.63. The molecule has 0 amide bonds. The zero-order valence-corrected chi connectivity index (χ0v) is 9.94. The van der Waals surface area contributed by atoms with Crippen molar-refractivity contribution in [3.63, 3.8) is 0 Å². The van der Waals surface area contributed by atoms with Gasteiger partial charge in [0.25, 0.3) is 0 Å². The van der Waals surface area contributed by atoms with E-state index in [9.17, 15) is 0 Å². The first-order chi connectivity index (χ1) is 8.36. The Morgan fingerprint density at radius 2 is 2.29 bits per heavy atom. The summed E-state index contributed by atoms with van der Waals surface area (Å²) in [5.74, 6) is 3.48. The second-order valence-electron chi connectivity index (χ2n) is 3.78. The Morgan fingerprint density at radius 3 is 3.06 bits per heavy atom. The number of benzene rings is 1. The fourth-order valence-corrected chi connectivity index (χ4v) is 1.93. The molecule has 1 heterocycles. The van der Waals surface area contributed by atoms with Crippen molar-refractivity contribution >= 4 is 10.9 Å². The summed E-state index contributed by atoms with van der Waals surface area (Å²) < 4.78 is 7.52. The molecule has 0 atom stereocenters. The third kappa shape index (κ3) is 2.43. The van der Waals surface area contributed by atoms with Crippen LogP contribution in [0.3, 0.4) is 0 Å². The van der Waals surface area contributed by atoms with Crippen LogP contribution in [-0.2, 0) is 6.54 Å². The first-order valence-electron chi connectivity index (χ1n) is 5.63. The minimum atomic E-state index is 0.614. The third-order valence-electron chi connectivity index (χ3n) is 2.75. The molecule has 2 rings (SSSR count). The van der Waals surface area contributed by atoms with Crippen LogP contribution in [0.15, 0.2) is 30.5 Å². The standard InChI is InChI=1S/C14H16N2O/c1-3-8-15-9-11-16-10-7-12-13(16)5-4-6-14(12)17-2/h1,4-7,10,15H,8-9,11H2,2H3. The minimum Gasteiger partial charge on any atom is -0.496 e. The second kappa shape index (κ2) is 5.42. The Hall–Kier alpha value is -1.92. The summed E-state index contributed by atoms with van der Waals surface area (Å²) in [5, 5.41) is 4.32. The zero-order valence-electron chi connectivity index (χ0n) is 9.94. The lowest BCUT2D eigenvalue weighted by Gasteiger charge is -2.06. The Morgan fingerprint density at radius 1 is 1.41 bits per heavy atom. The minimum absolute atomic E-state index is 0.614. The highest BCUT2D eigenvalue weighted by atomic mass is 16.5. The molecule has 3 heteroatoms. The van der Waals surface area contributed by atoms with Gasteiger partial charge in [-0.3, -0.25) is 0 Å². The number of nitrogens with zero attached hydrogens (tertiary/aromatic N) is 1.